The number of ether oxygens (including phenoxy) is 2. The number of carbonyl (C=O) groups excluding carboxylic acids is 1. The van der Waals surface area contributed by atoms with E-state index < -0.39 is 11.9 Å². The lowest BCUT2D eigenvalue weighted by atomic mass is 10.1. The van der Waals surface area contributed by atoms with Crippen LogP contribution in [0.2, 0.25) is 0 Å². The lowest BCUT2D eigenvalue weighted by molar-refractivity contribution is -0.118. The standard InChI is InChI=1S/C14H16FN3O3S/c1-20-6-10(16)13(19)18-14-17-11(7-22-14)8-3-4-12(21-2)9(15)5-8/h3-5,7,10H,6,16H2,1-2H3,(H,17,18,19). The van der Waals surface area contributed by atoms with Crippen LogP contribution in [0, 0.1) is 5.82 Å². The minimum Gasteiger partial charge on any atom is -0.494 e. The molecule has 118 valence electrons. The summed E-state index contributed by atoms with van der Waals surface area (Å²) in [6, 6.07) is 3.78. The van der Waals surface area contributed by atoms with Crippen LogP contribution in [0.15, 0.2) is 23.6 Å². The molecule has 1 heterocycles. The third-order valence-electron chi connectivity index (χ3n) is 2.86. The van der Waals surface area contributed by atoms with Crippen LogP contribution in [0.4, 0.5) is 9.52 Å². The maximum Gasteiger partial charge on any atom is 0.245 e. The zero-order valence-electron chi connectivity index (χ0n) is 12.1. The van der Waals surface area contributed by atoms with Crippen LogP contribution in [0.3, 0.4) is 0 Å². The van der Waals surface area contributed by atoms with Crippen molar-refractivity contribution in [2.45, 2.75) is 6.04 Å². The van der Waals surface area contributed by atoms with E-state index in [0.29, 0.717) is 16.4 Å². The van der Waals surface area contributed by atoms with Gasteiger partial charge < -0.3 is 20.5 Å². The number of methoxy groups -OCH3 is 2. The number of nitrogens with two attached hydrogens (primary N) is 1. The first-order chi connectivity index (χ1) is 10.5. The average Bonchev–Trinajstić information content (AvgIpc) is 2.95. The SMILES string of the molecule is COCC(N)C(=O)Nc1nc(-c2ccc(OC)c(F)c2)cs1. The second-order valence-corrected chi connectivity index (χ2v) is 5.30. The minimum atomic E-state index is -0.768. The molecule has 0 saturated heterocycles. The summed E-state index contributed by atoms with van der Waals surface area (Å²) in [7, 11) is 2.87. The third kappa shape index (κ3) is 3.79. The van der Waals surface area contributed by atoms with E-state index in [4.69, 9.17) is 15.2 Å². The molecular formula is C14H16FN3O3S. The lowest BCUT2D eigenvalue weighted by Crippen LogP contribution is -2.39. The Hall–Kier alpha value is -2.03. The largest absolute Gasteiger partial charge is 0.494 e. The molecule has 8 heteroatoms. The molecule has 2 aromatic rings. The Labute approximate surface area is 131 Å². The van der Waals surface area contributed by atoms with E-state index in [0.717, 1.165) is 0 Å². The molecule has 0 aliphatic carbocycles. The van der Waals surface area contributed by atoms with E-state index in [1.807, 2.05) is 0 Å². The van der Waals surface area contributed by atoms with E-state index in [-0.39, 0.29) is 18.3 Å². The third-order valence-corrected chi connectivity index (χ3v) is 3.62. The molecular weight excluding hydrogens is 309 g/mol. The van der Waals surface area contributed by atoms with Crippen molar-refractivity contribution in [2.24, 2.45) is 5.73 Å². The number of hydrogen-bond acceptors (Lipinski definition) is 6. The maximum absolute atomic E-state index is 13.7. The van der Waals surface area contributed by atoms with Crippen molar-refractivity contribution in [2.75, 3.05) is 26.1 Å². The van der Waals surface area contributed by atoms with Gasteiger partial charge >= 0.3 is 0 Å². The zero-order chi connectivity index (χ0) is 16.1. The van der Waals surface area contributed by atoms with E-state index in [9.17, 15) is 9.18 Å². The predicted octanol–water partition coefficient (Wildman–Crippen LogP) is 1.87. The number of nitrogens with one attached hydrogen (secondary N) is 1. The summed E-state index contributed by atoms with van der Waals surface area (Å²) < 4.78 is 23.4. The number of nitrogens with zero attached hydrogens (tertiary/aromatic N) is 1. The molecule has 0 saturated carbocycles. The molecule has 1 amide bonds. The van der Waals surface area contributed by atoms with Gasteiger partial charge in [0.15, 0.2) is 16.7 Å². The molecule has 1 aromatic carbocycles. The molecule has 0 aliphatic rings. The van der Waals surface area contributed by atoms with Crippen molar-refractivity contribution in [1.29, 1.82) is 0 Å². The highest BCUT2D eigenvalue weighted by Gasteiger charge is 2.15. The first-order valence-corrected chi connectivity index (χ1v) is 7.28. The Balaban J connectivity index is 2.11. The molecule has 6 nitrogen and oxygen atoms in total. The highest BCUT2D eigenvalue weighted by molar-refractivity contribution is 7.14. The van der Waals surface area contributed by atoms with Crippen LogP contribution in [0.5, 0.6) is 5.75 Å². The van der Waals surface area contributed by atoms with Crippen molar-refractivity contribution in [3.8, 4) is 17.0 Å². The Kier molecular flexibility index (Phi) is 5.42. The van der Waals surface area contributed by atoms with Gasteiger partial charge in [-0.15, -0.1) is 11.3 Å². The fourth-order valence-corrected chi connectivity index (χ4v) is 2.47. The van der Waals surface area contributed by atoms with Gasteiger partial charge in [0.2, 0.25) is 5.91 Å². The summed E-state index contributed by atoms with van der Waals surface area (Å²) >= 11 is 1.23. The molecule has 0 spiro atoms. The number of benzene rings is 1. The van der Waals surface area contributed by atoms with Crippen LogP contribution < -0.4 is 15.8 Å². The van der Waals surface area contributed by atoms with Crippen molar-refractivity contribution < 1.29 is 18.7 Å². The maximum atomic E-state index is 13.7. The summed E-state index contributed by atoms with van der Waals surface area (Å²) in [4.78, 5) is 16.0. The molecule has 1 aromatic heterocycles. The predicted molar refractivity (Wildman–Crippen MR) is 82.5 cm³/mol. The van der Waals surface area contributed by atoms with Crippen molar-refractivity contribution in [3.63, 3.8) is 0 Å². The van der Waals surface area contributed by atoms with Crippen molar-refractivity contribution in [3.05, 3.63) is 29.4 Å². The number of rotatable bonds is 6. The number of carbonyl (C=O) groups is 1. The first-order valence-electron chi connectivity index (χ1n) is 6.40. The summed E-state index contributed by atoms with van der Waals surface area (Å²) in [5, 5.41) is 4.71. The van der Waals surface area contributed by atoms with Gasteiger partial charge in [-0.2, -0.15) is 0 Å². The van der Waals surface area contributed by atoms with Crippen LogP contribution in [0.25, 0.3) is 11.3 Å². The topological polar surface area (TPSA) is 86.5 Å². The second-order valence-electron chi connectivity index (χ2n) is 4.44. The van der Waals surface area contributed by atoms with Crippen molar-refractivity contribution >= 4 is 22.4 Å². The van der Waals surface area contributed by atoms with Crippen LogP contribution >= 0.6 is 11.3 Å². The molecule has 0 bridgehead atoms. The molecule has 0 aliphatic heterocycles. The summed E-state index contributed by atoms with van der Waals surface area (Å²) in [6.45, 7) is 0.119. The van der Waals surface area contributed by atoms with Gasteiger partial charge in [0.1, 0.15) is 6.04 Å². The van der Waals surface area contributed by atoms with Gasteiger partial charge in [0, 0.05) is 18.1 Å². The molecule has 3 N–H and O–H groups in total. The van der Waals surface area contributed by atoms with Gasteiger partial charge in [-0.25, -0.2) is 9.37 Å². The number of halogens is 1. The van der Waals surface area contributed by atoms with Gasteiger partial charge in [-0.05, 0) is 18.2 Å². The average molecular weight is 325 g/mol. The van der Waals surface area contributed by atoms with Crippen LogP contribution in [-0.2, 0) is 9.53 Å². The number of anilines is 1. The fourth-order valence-electron chi connectivity index (χ4n) is 1.74. The minimum absolute atomic E-state index is 0.119. The van der Waals surface area contributed by atoms with Gasteiger partial charge in [0.25, 0.3) is 0 Å². The van der Waals surface area contributed by atoms with Crippen molar-refractivity contribution in [1.82, 2.24) is 4.98 Å². The normalized spacial score (nSPS) is 12.0. The van der Waals surface area contributed by atoms with Crippen LogP contribution in [-0.4, -0.2) is 37.8 Å². The number of aromatic nitrogens is 1. The molecule has 22 heavy (non-hydrogen) atoms. The summed E-state index contributed by atoms with van der Waals surface area (Å²) in [5.41, 5.74) is 6.77. The van der Waals surface area contributed by atoms with E-state index >= 15 is 0 Å². The molecule has 1 unspecified atom stereocenters. The molecule has 1 atom stereocenters. The molecule has 0 fully saturated rings. The van der Waals surface area contributed by atoms with Gasteiger partial charge in [0.05, 0.1) is 19.4 Å². The smallest absolute Gasteiger partial charge is 0.245 e. The Bertz CT molecular complexity index is 663. The second kappa shape index (κ2) is 7.30. The fraction of sp³-hybridized carbons (Fsp3) is 0.286. The number of thiazole rings is 1. The Morgan fingerprint density at radius 1 is 1.50 bits per heavy atom. The highest BCUT2D eigenvalue weighted by Crippen LogP contribution is 2.28. The van der Waals surface area contributed by atoms with E-state index in [2.05, 4.69) is 10.3 Å². The first kappa shape index (κ1) is 16.3. The van der Waals surface area contributed by atoms with E-state index in [1.54, 1.807) is 11.4 Å². The zero-order valence-corrected chi connectivity index (χ0v) is 12.9. The molecule has 0 radical (unpaired) electrons. The number of hydrogen-bond donors (Lipinski definition) is 2. The lowest BCUT2D eigenvalue weighted by Gasteiger charge is -2.08. The Morgan fingerprint density at radius 3 is 2.91 bits per heavy atom. The van der Waals surface area contributed by atoms with Gasteiger partial charge in [-0.3, -0.25) is 4.79 Å². The van der Waals surface area contributed by atoms with Crippen LogP contribution in [0.1, 0.15) is 0 Å². The quantitative estimate of drug-likeness (QED) is 0.847. The van der Waals surface area contributed by atoms with E-state index in [1.165, 1.54) is 37.7 Å². The monoisotopic (exact) mass is 325 g/mol. The number of amides is 1. The van der Waals surface area contributed by atoms with Gasteiger partial charge in [-0.1, -0.05) is 0 Å². The summed E-state index contributed by atoms with van der Waals surface area (Å²) in [6.07, 6.45) is 0. The Morgan fingerprint density at radius 2 is 2.27 bits per heavy atom. The summed E-state index contributed by atoms with van der Waals surface area (Å²) in [5.74, 6) is -0.692. The highest BCUT2D eigenvalue weighted by atomic mass is 32.1. The molecule has 2 rings (SSSR count).